The van der Waals surface area contributed by atoms with Gasteiger partial charge in [-0.3, -0.25) is 4.79 Å². The van der Waals surface area contributed by atoms with Gasteiger partial charge < -0.3 is 19.3 Å². The summed E-state index contributed by atoms with van der Waals surface area (Å²) in [6, 6.07) is 3.60. The number of likely N-dealkylation sites (N-methyl/N-ethyl adjacent to an activating group) is 1. The summed E-state index contributed by atoms with van der Waals surface area (Å²) in [6.07, 6.45) is -0.887. The molecule has 0 spiro atoms. The zero-order chi connectivity index (χ0) is 14.0. The van der Waals surface area contributed by atoms with E-state index in [2.05, 4.69) is 5.16 Å². The second kappa shape index (κ2) is 5.13. The molecule has 1 aliphatic rings. The molecular weight excluding hydrogens is 252 g/mol. The Morgan fingerprint density at radius 3 is 2.79 bits per heavy atom. The second-order valence-electron chi connectivity index (χ2n) is 4.35. The second-order valence-corrected chi connectivity index (χ2v) is 4.35. The van der Waals surface area contributed by atoms with Crippen LogP contribution in [0, 0.1) is 6.92 Å². The van der Waals surface area contributed by atoms with Gasteiger partial charge in [0.25, 0.3) is 5.91 Å². The molecule has 0 aromatic carbocycles. The average molecular weight is 266 g/mol. The highest BCUT2D eigenvalue weighted by molar-refractivity contribution is 6.36. The Labute approximate surface area is 109 Å². The fourth-order valence-electron chi connectivity index (χ4n) is 1.76. The molecule has 1 aliphatic heterocycles. The fourth-order valence-corrected chi connectivity index (χ4v) is 1.76. The van der Waals surface area contributed by atoms with Crippen molar-refractivity contribution in [1.82, 2.24) is 4.90 Å². The molecule has 19 heavy (non-hydrogen) atoms. The largest absolute Gasteiger partial charge is 0.477 e. The molecule has 7 nitrogen and oxygen atoms in total. The van der Waals surface area contributed by atoms with Crippen LogP contribution in [0.5, 0.6) is 0 Å². The molecule has 1 aromatic rings. The first-order valence-electron chi connectivity index (χ1n) is 5.73. The highest BCUT2D eigenvalue weighted by Gasteiger charge is 2.33. The smallest absolute Gasteiger partial charge is 0.353 e. The van der Waals surface area contributed by atoms with Gasteiger partial charge in [-0.05, 0) is 19.1 Å². The molecule has 7 heteroatoms. The number of furan rings is 1. The van der Waals surface area contributed by atoms with E-state index in [1.807, 2.05) is 13.0 Å². The Morgan fingerprint density at radius 1 is 1.53 bits per heavy atom. The summed E-state index contributed by atoms with van der Waals surface area (Å²) < 4.78 is 5.37. The van der Waals surface area contributed by atoms with Gasteiger partial charge in [0.2, 0.25) is 6.10 Å². The summed E-state index contributed by atoms with van der Waals surface area (Å²) in [4.78, 5) is 29.0. The zero-order valence-electron chi connectivity index (χ0n) is 10.6. The van der Waals surface area contributed by atoms with Crippen molar-refractivity contribution in [2.24, 2.45) is 5.16 Å². The number of hydrogen-bond acceptors (Lipinski definition) is 5. The minimum absolute atomic E-state index is 0.0182. The molecule has 102 valence electrons. The Morgan fingerprint density at radius 2 is 2.26 bits per heavy atom. The van der Waals surface area contributed by atoms with Gasteiger partial charge in [0.1, 0.15) is 11.5 Å². The third kappa shape index (κ3) is 2.93. The van der Waals surface area contributed by atoms with Crippen molar-refractivity contribution in [2.75, 3.05) is 7.05 Å². The van der Waals surface area contributed by atoms with Crippen molar-refractivity contribution in [2.45, 2.75) is 26.0 Å². The lowest BCUT2D eigenvalue weighted by Gasteiger charge is -2.18. The van der Waals surface area contributed by atoms with Crippen molar-refractivity contribution in [1.29, 1.82) is 0 Å². The summed E-state index contributed by atoms with van der Waals surface area (Å²) in [5.41, 5.74) is -0.138. The average Bonchev–Trinajstić information content (AvgIpc) is 2.97. The summed E-state index contributed by atoms with van der Waals surface area (Å²) in [7, 11) is 1.60. The first-order valence-corrected chi connectivity index (χ1v) is 5.73. The molecule has 1 atom stereocenters. The van der Waals surface area contributed by atoms with Gasteiger partial charge in [0.05, 0.1) is 6.54 Å². The number of carbonyl (C=O) groups is 2. The van der Waals surface area contributed by atoms with Crippen molar-refractivity contribution in [3.8, 4) is 0 Å². The van der Waals surface area contributed by atoms with Crippen molar-refractivity contribution in [3.63, 3.8) is 0 Å². The van der Waals surface area contributed by atoms with Crippen LogP contribution >= 0.6 is 0 Å². The Hall–Kier alpha value is -2.31. The van der Waals surface area contributed by atoms with Crippen LogP contribution in [0.25, 0.3) is 0 Å². The standard InChI is InChI=1S/C12H14N2O5/c1-7-3-4-8(18-7)6-14(2)11(15)10-5-9(12(16)17)13-19-10/h3-4,10H,5-6H2,1-2H3,(H,16,17). The highest BCUT2D eigenvalue weighted by Crippen LogP contribution is 2.15. The van der Waals surface area contributed by atoms with E-state index < -0.39 is 12.1 Å². The van der Waals surface area contributed by atoms with Crippen LogP contribution in [-0.2, 0) is 21.0 Å². The number of nitrogens with zero attached hydrogens (tertiary/aromatic N) is 2. The Bertz CT molecular complexity index is 534. The molecule has 0 saturated carbocycles. The number of oxime groups is 1. The normalized spacial score (nSPS) is 17.8. The maximum Gasteiger partial charge on any atom is 0.353 e. The number of rotatable bonds is 4. The van der Waals surface area contributed by atoms with E-state index in [1.54, 1.807) is 13.1 Å². The van der Waals surface area contributed by atoms with Gasteiger partial charge in [-0.15, -0.1) is 0 Å². The van der Waals surface area contributed by atoms with E-state index in [4.69, 9.17) is 14.4 Å². The van der Waals surface area contributed by atoms with E-state index in [0.29, 0.717) is 12.3 Å². The maximum atomic E-state index is 12.0. The summed E-state index contributed by atoms with van der Waals surface area (Å²) >= 11 is 0. The van der Waals surface area contributed by atoms with Crippen molar-refractivity contribution in [3.05, 3.63) is 23.7 Å². The molecular formula is C12H14N2O5. The van der Waals surface area contributed by atoms with Crippen LogP contribution in [0.3, 0.4) is 0 Å². The molecule has 0 radical (unpaired) electrons. The predicted octanol–water partition coefficient (Wildman–Crippen LogP) is 0.776. The van der Waals surface area contributed by atoms with Gasteiger partial charge in [0, 0.05) is 13.5 Å². The molecule has 2 rings (SSSR count). The Kier molecular flexibility index (Phi) is 3.55. The van der Waals surface area contributed by atoms with E-state index in [0.717, 1.165) is 5.76 Å². The van der Waals surface area contributed by atoms with Gasteiger partial charge in [-0.25, -0.2) is 4.79 Å². The predicted molar refractivity (Wildman–Crippen MR) is 64.5 cm³/mol. The van der Waals surface area contributed by atoms with Gasteiger partial charge >= 0.3 is 5.97 Å². The number of aryl methyl sites for hydroxylation is 1. The SMILES string of the molecule is Cc1ccc(CN(C)C(=O)C2CC(C(=O)O)=NO2)o1. The summed E-state index contributed by atoms with van der Waals surface area (Å²) in [5, 5.41) is 12.1. The van der Waals surface area contributed by atoms with Crippen molar-refractivity contribution < 1.29 is 24.0 Å². The lowest BCUT2D eigenvalue weighted by atomic mass is 10.1. The van der Waals surface area contributed by atoms with Crippen LogP contribution < -0.4 is 0 Å². The van der Waals surface area contributed by atoms with Crippen LogP contribution in [-0.4, -0.2) is 40.7 Å². The molecule has 2 heterocycles. The van der Waals surface area contributed by atoms with E-state index >= 15 is 0 Å². The van der Waals surface area contributed by atoms with Gasteiger partial charge in [-0.1, -0.05) is 5.16 Å². The third-order valence-corrected chi connectivity index (χ3v) is 2.76. The number of carboxylic acids is 1. The first kappa shape index (κ1) is 13.1. The van der Waals surface area contributed by atoms with Crippen LogP contribution in [0.4, 0.5) is 0 Å². The zero-order valence-corrected chi connectivity index (χ0v) is 10.6. The molecule has 1 amide bonds. The monoisotopic (exact) mass is 266 g/mol. The van der Waals surface area contributed by atoms with Crippen LogP contribution in [0.15, 0.2) is 21.7 Å². The third-order valence-electron chi connectivity index (χ3n) is 2.76. The molecule has 0 bridgehead atoms. The molecule has 1 N–H and O–H groups in total. The molecule has 0 aliphatic carbocycles. The maximum absolute atomic E-state index is 12.0. The lowest BCUT2D eigenvalue weighted by Crippen LogP contribution is -2.36. The number of amides is 1. The molecule has 0 fully saturated rings. The van der Waals surface area contributed by atoms with E-state index in [1.165, 1.54) is 4.90 Å². The van der Waals surface area contributed by atoms with E-state index in [-0.39, 0.29) is 18.0 Å². The van der Waals surface area contributed by atoms with Crippen molar-refractivity contribution >= 4 is 17.6 Å². The fraction of sp³-hybridized carbons (Fsp3) is 0.417. The number of aliphatic carboxylic acids is 1. The Balaban J connectivity index is 1.92. The minimum atomic E-state index is -1.17. The molecule has 0 saturated heterocycles. The van der Waals surface area contributed by atoms with Crippen LogP contribution in [0.1, 0.15) is 17.9 Å². The number of carboxylic acid groups (broad SMARTS) is 1. The summed E-state index contributed by atoms with van der Waals surface area (Å²) in [6.45, 7) is 2.12. The summed E-state index contributed by atoms with van der Waals surface area (Å²) in [5.74, 6) is -0.0659. The van der Waals surface area contributed by atoms with Crippen LogP contribution in [0.2, 0.25) is 0 Å². The number of carbonyl (C=O) groups excluding carboxylic acids is 1. The van der Waals surface area contributed by atoms with Gasteiger partial charge in [-0.2, -0.15) is 0 Å². The number of hydrogen-bond donors (Lipinski definition) is 1. The molecule has 1 unspecified atom stereocenters. The topological polar surface area (TPSA) is 92.3 Å². The quantitative estimate of drug-likeness (QED) is 0.869. The lowest BCUT2D eigenvalue weighted by molar-refractivity contribution is -0.141. The van der Waals surface area contributed by atoms with E-state index in [9.17, 15) is 9.59 Å². The first-order chi connectivity index (χ1) is 8.97. The highest BCUT2D eigenvalue weighted by atomic mass is 16.6. The van der Waals surface area contributed by atoms with Gasteiger partial charge in [0.15, 0.2) is 5.71 Å². The molecule has 1 aromatic heterocycles. The minimum Gasteiger partial charge on any atom is -0.477 e.